The molecule has 0 atom stereocenters. The van der Waals surface area contributed by atoms with Crippen LogP contribution < -0.4 is 10.2 Å². The summed E-state index contributed by atoms with van der Waals surface area (Å²) in [7, 11) is 0. The van der Waals surface area contributed by atoms with Gasteiger partial charge in [0.2, 0.25) is 17.8 Å². The molecule has 10 heteroatoms. The van der Waals surface area contributed by atoms with E-state index in [-0.39, 0.29) is 11.8 Å². The molecule has 0 radical (unpaired) electrons. The van der Waals surface area contributed by atoms with Gasteiger partial charge in [-0.3, -0.25) is 14.6 Å². The first kappa shape index (κ1) is 21.8. The SMILES string of the molecule is CCNC(=NCCC(=O)N1CCN(c2ncccn2)CC1)N1CCN(C(C)=O)CC1. The Hall–Kier alpha value is -2.91. The van der Waals surface area contributed by atoms with Crippen LogP contribution in [0.4, 0.5) is 5.95 Å². The summed E-state index contributed by atoms with van der Waals surface area (Å²) in [6.45, 7) is 10.6. The fourth-order valence-electron chi connectivity index (χ4n) is 3.68. The number of piperazine rings is 2. The van der Waals surface area contributed by atoms with Gasteiger partial charge in [0.1, 0.15) is 0 Å². The Balaban J connectivity index is 1.45. The van der Waals surface area contributed by atoms with Gasteiger partial charge in [-0.25, -0.2) is 9.97 Å². The smallest absolute Gasteiger partial charge is 0.225 e. The van der Waals surface area contributed by atoms with Gasteiger partial charge in [0, 0.05) is 84.6 Å². The Morgan fingerprint density at radius 2 is 1.57 bits per heavy atom. The van der Waals surface area contributed by atoms with Crippen molar-refractivity contribution >= 4 is 23.7 Å². The second-order valence-electron chi connectivity index (χ2n) is 7.40. The number of nitrogens with zero attached hydrogens (tertiary/aromatic N) is 7. The van der Waals surface area contributed by atoms with E-state index < -0.39 is 0 Å². The van der Waals surface area contributed by atoms with Gasteiger partial charge in [0.25, 0.3) is 0 Å². The number of aromatic nitrogens is 2. The van der Waals surface area contributed by atoms with E-state index in [0.29, 0.717) is 45.1 Å². The maximum absolute atomic E-state index is 12.6. The summed E-state index contributed by atoms with van der Waals surface area (Å²) in [6, 6.07) is 1.80. The zero-order valence-corrected chi connectivity index (χ0v) is 18.0. The van der Waals surface area contributed by atoms with Gasteiger partial charge in [0.15, 0.2) is 5.96 Å². The number of rotatable bonds is 5. The number of hydrogen-bond donors (Lipinski definition) is 1. The Labute approximate surface area is 178 Å². The molecule has 0 aromatic carbocycles. The van der Waals surface area contributed by atoms with Gasteiger partial charge in [-0.1, -0.05) is 0 Å². The third-order valence-electron chi connectivity index (χ3n) is 5.41. The number of carbonyl (C=O) groups excluding carboxylic acids is 2. The van der Waals surface area contributed by atoms with Crippen LogP contribution in [0.15, 0.2) is 23.5 Å². The fourth-order valence-corrected chi connectivity index (χ4v) is 3.68. The Kier molecular flexibility index (Phi) is 7.81. The maximum atomic E-state index is 12.6. The lowest BCUT2D eigenvalue weighted by Crippen LogP contribution is -2.53. The molecule has 0 aliphatic carbocycles. The van der Waals surface area contributed by atoms with Crippen LogP contribution in [0.5, 0.6) is 0 Å². The highest BCUT2D eigenvalue weighted by Gasteiger charge is 2.23. The van der Waals surface area contributed by atoms with Gasteiger partial charge < -0.3 is 24.9 Å². The van der Waals surface area contributed by atoms with Gasteiger partial charge in [-0.05, 0) is 13.0 Å². The summed E-state index contributed by atoms with van der Waals surface area (Å²) in [5.41, 5.74) is 0. The average Bonchev–Trinajstić information content (AvgIpc) is 2.79. The van der Waals surface area contributed by atoms with E-state index >= 15 is 0 Å². The molecule has 0 bridgehead atoms. The van der Waals surface area contributed by atoms with E-state index in [0.717, 1.165) is 38.7 Å². The van der Waals surface area contributed by atoms with Crippen LogP contribution in [-0.2, 0) is 9.59 Å². The molecule has 164 valence electrons. The van der Waals surface area contributed by atoms with E-state index in [1.807, 2.05) is 16.7 Å². The number of carbonyl (C=O) groups is 2. The molecule has 10 nitrogen and oxygen atoms in total. The molecular weight excluding hydrogens is 384 g/mol. The van der Waals surface area contributed by atoms with Crippen molar-refractivity contribution < 1.29 is 9.59 Å². The summed E-state index contributed by atoms with van der Waals surface area (Å²) in [6.07, 6.45) is 3.86. The standard InChI is InChI=1S/C20H32N8O2/c1-3-21-19(27-13-9-25(10-14-27)17(2)29)24-8-5-18(30)26-11-15-28(16-12-26)20-22-6-4-7-23-20/h4,6-7H,3,5,8-16H2,1-2H3,(H,21,24). The van der Waals surface area contributed by atoms with Crippen molar-refractivity contribution in [3.05, 3.63) is 18.5 Å². The summed E-state index contributed by atoms with van der Waals surface area (Å²) >= 11 is 0. The van der Waals surface area contributed by atoms with Crippen LogP contribution in [0.2, 0.25) is 0 Å². The lowest BCUT2D eigenvalue weighted by Gasteiger charge is -2.36. The first-order valence-electron chi connectivity index (χ1n) is 10.7. The zero-order valence-electron chi connectivity index (χ0n) is 18.0. The van der Waals surface area contributed by atoms with Gasteiger partial charge >= 0.3 is 0 Å². The van der Waals surface area contributed by atoms with Gasteiger partial charge in [0.05, 0.1) is 6.54 Å². The molecule has 0 saturated carbocycles. The molecule has 0 unspecified atom stereocenters. The average molecular weight is 417 g/mol. The Morgan fingerprint density at radius 1 is 0.967 bits per heavy atom. The van der Waals surface area contributed by atoms with Gasteiger partial charge in [-0.15, -0.1) is 0 Å². The minimum Gasteiger partial charge on any atom is -0.357 e. The molecule has 3 rings (SSSR count). The second kappa shape index (κ2) is 10.7. The van der Waals surface area contributed by atoms with Crippen molar-refractivity contribution in [1.29, 1.82) is 0 Å². The summed E-state index contributed by atoms with van der Waals surface area (Å²) in [5.74, 6) is 1.78. The van der Waals surface area contributed by atoms with Crippen molar-refractivity contribution in [2.45, 2.75) is 20.3 Å². The third kappa shape index (κ3) is 5.80. The normalized spacial score (nSPS) is 17.9. The van der Waals surface area contributed by atoms with Crippen LogP contribution in [0.25, 0.3) is 0 Å². The first-order valence-corrected chi connectivity index (χ1v) is 10.7. The molecular formula is C20H32N8O2. The molecule has 1 aromatic heterocycles. The lowest BCUT2D eigenvalue weighted by atomic mass is 10.3. The minimum atomic E-state index is 0.112. The Bertz CT molecular complexity index is 726. The largest absolute Gasteiger partial charge is 0.357 e. The van der Waals surface area contributed by atoms with Gasteiger partial charge in [-0.2, -0.15) is 0 Å². The molecule has 30 heavy (non-hydrogen) atoms. The van der Waals surface area contributed by atoms with E-state index in [1.54, 1.807) is 25.4 Å². The first-order chi connectivity index (χ1) is 14.6. The van der Waals surface area contributed by atoms with E-state index in [1.165, 1.54) is 0 Å². The monoisotopic (exact) mass is 416 g/mol. The van der Waals surface area contributed by atoms with Crippen molar-refractivity contribution in [3.8, 4) is 0 Å². The number of hydrogen-bond acceptors (Lipinski definition) is 6. The van der Waals surface area contributed by atoms with Crippen LogP contribution in [0, 0.1) is 0 Å². The van der Waals surface area contributed by atoms with Crippen molar-refractivity contribution in [2.24, 2.45) is 4.99 Å². The highest BCUT2D eigenvalue weighted by Crippen LogP contribution is 2.10. The number of amides is 2. The summed E-state index contributed by atoms with van der Waals surface area (Å²) < 4.78 is 0. The molecule has 2 aliphatic heterocycles. The number of aliphatic imine (C=N–C) groups is 1. The molecule has 2 fully saturated rings. The van der Waals surface area contributed by atoms with Crippen LogP contribution in [-0.4, -0.2) is 108 Å². The fraction of sp³-hybridized carbons (Fsp3) is 0.650. The molecule has 1 N–H and O–H groups in total. The lowest BCUT2D eigenvalue weighted by molar-refractivity contribution is -0.131. The highest BCUT2D eigenvalue weighted by molar-refractivity contribution is 5.81. The molecule has 2 saturated heterocycles. The van der Waals surface area contributed by atoms with E-state index in [9.17, 15) is 9.59 Å². The topological polar surface area (TPSA) is 97.3 Å². The molecule has 1 aromatic rings. The summed E-state index contributed by atoms with van der Waals surface area (Å²) in [5, 5.41) is 3.30. The molecule has 2 aliphatic rings. The number of anilines is 1. The highest BCUT2D eigenvalue weighted by atomic mass is 16.2. The minimum absolute atomic E-state index is 0.112. The van der Waals surface area contributed by atoms with E-state index in [2.05, 4.69) is 30.1 Å². The molecule has 3 heterocycles. The molecule has 2 amide bonds. The van der Waals surface area contributed by atoms with E-state index in [4.69, 9.17) is 0 Å². The Morgan fingerprint density at radius 3 is 2.17 bits per heavy atom. The van der Waals surface area contributed by atoms with Crippen LogP contribution in [0.1, 0.15) is 20.3 Å². The quantitative estimate of drug-likeness (QED) is 0.517. The second-order valence-corrected chi connectivity index (χ2v) is 7.40. The van der Waals surface area contributed by atoms with Crippen molar-refractivity contribution in [2.75, 3.05) is 70.3 Å². The van der Waals surface area contributed by atoms with Crippen LogP contribution in [0.3, 0.4) is 0 Å². The zero-order chi connectivity index (χ0) is 21.3. The number of guanidine groups is 1. The summed E-state index contributed by atoms with van der Waals surface area (Å²) in [4.78, 5) is 45.3. The van der Waals surface area contributed by atoms with Crippen LogP contribution >= 0.6 is 0 Å². The molecule has 0 spiro atoms. The predicted molar refractivity (Wildman–Crippen MR) is 115 cm³/mol. The predicted octanol–water partition coefficient (Wildman–Crippen LogP) is -0.355. The maximum Gasteiger partial charge on any atom is 0.225 e. The number of nitrogens with one attached hydrogen (secondary N) is 1. The van der Waals surface area contributed by atoms with Crippen molar-refractivity contribution in [1.82, 2.24) is 30.0 Å². The van der Waals surface area contributed by atoms with Crippen molar-refractivity contribution in [3.63, 3.8) is 0 Å². The third-order valence-corrected chi connectivity index (χ3v) is 5.41.